The maximum atomic E-state index is 3.55. The molecule has 0 radical (unpaired) electrons. The van der Waals surface area contributed by atoms with E-state index in [1.54, 1.807) is 0 Å². The maximum absolute atomic E-state index is 3.55. The molecule has 1 saturated heterocycles. The summed E-state index contributed by atoms with van der Waals surface area (Å²) in [7, 11) is 0. The minimum atomic E-state index is 0.831. The molecule has 1 unspecified atom stereocenters. The van der Waals surface area contributed by atoms with E-state index >= 15 is 0 Å². The number of nitrogens with zero attached hydrogens (tertiary/aromatic N) is 1. The third-order valence-electron chi connectivity index (χ3n) is 4.80. The predicted octanol–water partition coefficient (Wildman–Crippen LogP) is 3.82. The fourth-order valence-corrected chi connectivity index (χ4v) is 3.43. The van der Waals surface area contributed by atoms with Gasteiger partial charge in [-0.15, -0.1) is 0 Å². The predicted molar refractivity (Wildman–Crippen MR) is 91.8 cm³/mol. The van der Waals surface area contributed by atoms with E-state index in [1.165, 1.54) is 67.7 Å². The van der Waals surface area contributed by atoms with Gasteiger partial charge in [-0.2, -0.15) is 0 Å². The van der Waals surface area contributed by atoms with Crippen LogP contribution in [0.15, 0.2) is 12.1 Å². The smallest absolute Gasteiger partial charge is 0.0236 e. The minimum Gasteiger partial charge on any atom is -0.316 e. The van der Waals surface area contributed by atoms with E-state index in [1.807, 2.05) is 0 Å². The number of hydrogen-bond donors (Lipinski definition) is 1. The van der Waals surface area contributed by atoms with E-state index in [0.29, 0.717) is 0 Å². The van der Waals surface area contributed by atoms with Gasteiger partial charge in [0, 0.05) is 13.1 Å². The number of piperidine rings is 1. The average molecular weight is 288 g/mol. The van der Waals surface area contributed by atoms with E-state index < -0.39 is 0 Å². The first-order valence-corrected chi connectivity index (χ1v) is 8.60. The van der Waals surface area contributed by atoms with Crippen molar-refractivity contribution in [1.82, 2.24) is 10.2 Å². The first kappa shape index (κ1) is 16.5. The van der Waals surface area contributed by atoms with Gasteiger partial charge in [-0.3, -0.25) is 4.90 Å². The summed E-state index contributed by atoms with van der Waals surface area (Å²) < 4.78 is 0. The first-order valence-electron chi connectivity index (χ1n) is 8.60. The van der Waals surface area contributed by atoms with Crippen LogP contribution in [0.1, 0.15) is 48.4 Å². The number of aryl methyl sites for hydroxylation is 3. The van der Waals surface area contributed by atoms with Gasteiger partial charge in [0.1, 0.15) is 0 Å². The lowest BCUT2D eigenvalue weighted by molar-refractivity contribution is 0.201. The lowest BCUT2D eigenvalue weighted by Crippen LogP contribution is -2.38. The van der Waals surface area contributed by atoms with E-state index in [4.69, 9.17) is 0 Å². The van der Waals surface area contributed by atoms with Gasteiger partial charge in [0.2, 0.25) is 0 Å². The van der Waals surface area contributed by atoms with Crippen LogP contribution in [0.5, 0.6) is 0 Å². The Kier molecular flexibility index (Phi) is 6.25. The van der Waals surface area contributed by atoms with Gasteiger partial charge in [-0.25, -0.2) is 0 Å². The van der Waals surface area contributed by atoms with Crippen LogP contribution < -0.4 is 5.32 Å². The molecule has 0 amide bonds. The molecule has 1 aliphatic heterocycles. The molecule has 1 heterocycles. The van der Waals surface area contributed by atoms with Crippen LogP contribution in [0.4, 0.5) is 0 Å². The highest BCUT2D eigenvalue weighted by atomic mass is 15.1. The topological polar surface area (TPSA) is 15.3 Å². The fourth-order valence-electron chi connectivity index (χ4n) is 3.43. The Bertz CT molecular complexity index is 447. The molecule has 1 aromatic rings. The molecule has 0 saturated carbocycles. The van der Waals surface area contributed by atoms with Crippen molar-refractivity contribution in [2.75, 3.05) is 26.2 Å². The number of nitrogens with one attached hydrogen (secondary N) is 1. The van der Waals surface area contributed by atoms with Gasteiger partial charge in [0.25, 0.3) is 0 Å². The normalized spacial score (nSPS) is 19.2. The zero-order valence-corrected chi connectivity index (χ0v) is 14.3. The maximum Gasteiger partial charge on any atom is 0.0236 e. The molecular formula is C19H32N2. The number of benzene rings is 1. The van der Waals surface area contributed by atoms with Crippen molar-refractivity contribution in [3.05, 3.63) is 34.4 Å². The fraction of sp³-hybridized carbons (Fsp3) is 0.684. The summed E-state index contributed by atoms with van der Waals surface area (Å²) in [6.07, 6.45) is 3.97. The monoisotopic (exact) mass is 288 g/mol. The van der Waals surface area contributed by atoms with Gasteiger partial charge in [0.05, 0.1) is 0 Å². The molecule has 1 aromatic carbocycles. The second kappa shape index (κ2) is 7.95. The van der Waals surface area contributed by atoms with Crippen LogP contribution in [0, 0.1) is 26.7 Å². The van der Waals surface area contributed by atoms with Crippen LogP contribution in [0.3, 0.4) is 0 Å². The standard InChI is InChI=1S/C19H32N2/c1-5-9-21(13-18-7-6-8-20-12-18)14-19-11-16(3)15(2)10-17(19)4/h10-11,18,20H,5-9,12-14H2,1-4H3. The van der Waals surface area contributed by atoms with Crippen molar-refractivity contribution in [2.24, 2.45) is 5.92 Å². The molecule has 2 nitrogen and oxygen atoms in total. The minimum absolute atomic E-state index is 0.831. The van der Waals surface area contributed by atoms with E-state index in [9.17, 15) is 0 Å². The van der Waals surface area contributed by atoms with Crippen LogP contribution >= 0.6 is 0 Å². The summed E-state index contributed by atoms with van der Waals surface area (Å²) in [4.78, 5) is 2.66. The second-order valence-electron chi connectivity index (χ2n) is 6.81. The lowest BCUT2D eigenvalue weighted by Gasteiger charge is -2.30. The molecule has 2 rings (SSSR count). The summed E-state index contributed by atoms with van der Waals surface area (Å²) in [5, 5.41) is 3.55. The second-order valence-corrected chi connectivity index (χ2v) is 6.81. The van der Waals surface area contributed by atoms with Crippen molar-refractivity contribution >= 4 is 0 Å². The van der Waals surface area contributed by atoms with Crippen molar-refractivity contribution in [3.63, 3.8) is 0 Å². The van der Waals surface area contributed by atoms with Crippen LogP contribution in [0.2, 0.25) is 0 Å². The highest BCUT2D eigenvalue weighted by Gasteiger charge is 2.17. The summed E-state index contributed by atoms with van der Waals surface area (Å²) in [5.74, 6) is 0.831. The number of rotatable bonds is 6. The molecule has 2 heteroatoms. The van der Waals surface area contributed by atoms with E-state index in [-0.39, 0.29) is 0 Å². The summed E-state index contributed by atoms with van der Waals surface area (Å²) in [5.41, 5.74) is 5.79. The Hall–Kier alpha value is -0.860. The molecule has 21 heavy (non-hydrogen) atoms. The molecule has 0 spiro atoms. The Morgan fingerprint density at radius 1 is 1.14 bits per heavy atom. The SMILES string of the molecule is CCCN(Cc1cc(C)c(C)cc1C)CC1CCCNC1. The number of hydrogen-bond acceptors (Lipinski definition) is 2. The average Bonchev–Trinajstić information content (AvgIpc) is 2.46. The molecule has 0 aliphatic carbocycles. The summed E-state index contributed by atoms with van der Waals surface area (Å²) in [6, 6.07) is 4.74. The van der Waals surface area contributed by atoms with Crippen molar-refractivity contribution in [2.45, 2.75) is 53.5 Å². The van der Waals surface area contributed by atoms with Crippen LogP contribution in [-0.2, 0) is 6.54 Å². The van der Waals surface area contributed by atoms with Crippen molar-refractivity contribution < 1.29 is 0 Å². The Morgan fingerprint density at radius 2 is 1.90 bits per heavy atom. The molecule has 1 N–H and O–H groups in total. The Balaban J connectivity index is 2.03. The Morgan fingerprint density at radius 3 is 2.57 bits per heavy atom. The zero-order chi connectivity index (χ0) is 15.2. The molecule has 0 bridgehead atoms. The zero-order valence-electron chi connectivity index (χ0n) is 14.3. The molecule has 1 aliphatic rings. The molecule has 118 valence electrons. The quantitative estimate of drug-likeness (QED) is 0.856. The highest BCUT2D eigenvalue weighted by molar-refractivity contribution is 5.36. The third kappa shape index (κ3) is 4.82. The summed E-state index contributed by atoms with van der Waals surface area (Å²) in [6.45, 7) is 15.0. The summed E-state index contributed by atoms with van der Waals surface area (Å²) >= 11 is 0. The largest absolute Gasteiger partial charge is 0.316 e. The third-order valence-corrected chi connectivity index (χ3v) is 4.80. The lowest BCUT2D eigenvalue weighted by atomic mass is 9.97. The molecule has 1 atom stereocenters. The Labute approximate surface area is 130 Å². The van der Waals surface area contributed by atoms with Gasteiger partial charge in [-0.1, -0.05) is 19.1 Å². The van der Waals surface area contributed by atoms with Crippen LogP contribution in [-0.4, -0.2) is 31.1 Å². The first-order chi connectivity index (χ1) is 10.1. The van der Waals surface area contributed by atoms with Gasteiger partial charge >= 0.3 is 0 Å². The van der Waals surface area contributed by atoms with E-state index in [2.05, 4.69) is 50.0 Å². The van der Waals surface area contributed by atoms with Gasteiger partial charge in [0.15, 0.2) is 0 Å². The molecule has 0 aromatic heterocycles. The van der Waals surface area contributed by atoms with Gasteiger partial charge < -0.3 is 5.32 Å². The molecule has 1 fully saturated rings. The van der Waals surface area contributed by atoms with Crippen molar-refractivity contribution in [1.29, 1.82) is 0 Å². The molecular weight excluding hydrogens is 256 g/mol. The van der Waals surface area contributed by atoms with Crippen LogP contribution in [0.25, 0.3) is 0 Å². The van der Waals surface area contributed by atoms with Gasteiger partial charge in [-0.05, 0) is 87.8 Å². The van der Waals surface area contributed by atoms with Crippen molar-refractivity contribution in [3.8, 4) is 0 Å². The van der Waals surface area contributed by atoms with E-state index in [0.717, 1.165) is 12.5 Å². The highest BCUT2D eigenvalue weighted by Crippen LogP contribution is 2.19.